The van der Waals surface area contributed by atoms with Crippen LogP contribution in [0.15, 0.2) is 65.8 Å². The van der Waals surface area contributed by atoms with Crippen LogP contribution in [0.5, 0.6) is 0 Å². The molecule has 2 heterocycles. The Kier molecular flexibility index (Phi) is 5.79. The highest BCUT2D eigenvalue weighted by molar-refractivity contribution is 5.86. The average Bonchev–Trinajstić information content (AvgIpc) is 3.18. The zero-order valence-electron chi connectivity index (χ0n) is 16.7. The number of carboxylic acid groups (broad SMARTS) is 1. The van der Waals surface area contributed by atoms with E-state index >= 15 is 0 Å². The molecule has 0 aliphatic carbocycles. The van der Waals surface area contributed by atoms with Crippen LogP contribution in [0.3, 0.4) is 0 Å². The molecule has 0 saturated carbocycles. The maximum Gasteiger partial charge on any atom is 0.261 e. The second kappa shape index (κ2) is 8.83. The lowest BCUT2D eigenvalue weighted by Gasteiger charge is -2.19. The molecule has 2 N–H and O–H groups in total. The van der Waals surface area contributed by atoms with Crippen LogP contribution in [0.2, 0.25) is 0 Å². The highest BCUT2D eigenvalue weighted by Crippen LogP contribution is 2.19. The number of rotatable bonds is 8. The van der Waals surface area contributed by atoms with Crippen LogP contribution in [0.25, 0.3) is 21.8 Å². The molecule has 0 unspecified atom stereocenters. The normalized spacial score (nSPS) is 12.1. The van der Waals surface area contributed by atoms with Gasteiger partial charge in [0.1, 0.15) is 0 Å². The minimum Gasteiger partial charge on any atom is -0.548 e. The third kappa shape index (κ3) is 4.48. The maximum atomic E-state index is 12.5. The molecular weight excluding hydrogens is 396 g/mol. The number of hydrogen-bond donors (Lipinski definition) is 2. The minimum absolute atomic E-state index is 0.0803. The van der Waals surface area contributed by atoms with E-state index in [1.807, 2.05) is 30.3 Å². The number of carbonyl (C=O) groups is 2. The predicted molar refractivity (Wildman–Crippen MR) is 114 cm³/mol. The summed E-state index contributed by atoms with van der Waals surface area (Å²) in [7, 11) is 0. The number of amides is 1. The summed E-state index contributed by atoms with van der Waals surface area (Å²) in [5, 5.41) is 15.5. The number of nitrogens with one attached hydrogen (secondary N) is 2. The molecule has 0 aliphatic heterocycles. The first-order valence-electron chi connectivity index (χ1n) is 10.0. The van der Waals surface area contributed by atoms with Crippen molar-refractivity contribution < 1.29 is 14.7 Å². The molecule has 2 aromatic heterocycles. The first-order valence-corrected chi connectivity index (χ1v) is 10.0. The highest BCUT2D eigenvalue weighted by atomic mass is 16.4. The Bertz CT molecular complexity index is 1310. The van der Waals surface area contributed by atoms with Gasteiger partial charge in [-0.1, -0.05) is 30.3 Å². The number of aromatic nitrogens is 3. The van der Waals surface area contributed by atoms with Crippen molar-refractivity contribution in [1.82, 2.24) is 19.9 Å². The fourth-order valence-electron chi connectivity index (χ4n) is 3.66. The zero-order chi connectivity index (χ0) is 21.8. The van der Waals surface area contributed by atoms with E-state index in [9.17, 15) is 19.5 Å². The van der Waals surface area contributed by atoms with E-state index in [1.165, 1.54) is 10.9 Å². The van der Waals surface area contributed by atoms with Crippen LogP contribution in [-0.2, 0) is 22.6 Å². The third-order valence-electron chi connectivity index (χ3n) is 5.25. The second-order valence-electron chi connectivity index (χ2n) is 7.37. The fraction of sp³-hybridized carbons (Fsp3) is 0.217. The summed E-state index contributed by atoms with van der Waals surface area (Å²) in [5.41, 5.74) is 2.14. The van der Waals surface area contributed by atoms with E-state index in [1.54, 1.807) is 24.4 Å². The summed E-state index contributed by atoms with van der Waals surface area (Å²) in [6, 6.07) is 13.5. The van der Waals surface area contributed by atoms with Crippen LogP contribution in [-0.4, -0.2) is 32.5 Å². The molecule has 0 radical (unpaired) electrons. The van der Waals surface area contributed by atoms with Crippen LogP contribution in [0.4, 0.5) is 0 Å². The summed E-state index contributed by atoms with van der Waals surface area (Å²) in [6.45, 7) is 0.308. The Labute approximate surface area is 177 Å². The average molecular weight is 417 g/mol. The van der Waals surface area contributed by atoms with E-state index in [0.29, 0.717) is 23.9 Å². The maximum absolute atomic E-state index is 12.5. The van der Waals surface area contributed by atoms with Gasteiger partial charge in [0.25, 0.3) is 5.56 Å². The lowest BCUT2D eigenvalue weighted by molar-refractivity contribution is -0.308. The monoisotopic (exact) mass is 417 g/mol. The summed E-state index contributed by atoms with van der Waals surface area (Å²) >= 11 is 0. The van der Waals surface area contributed by atoms with Gasteiger partial charge in [-0.2, -0.15) is 0 Å². The topological polar surface area (TPSA) is 120 Å². The summed E-state index contributed by atoms with van der Waals surface area (Å²) in [5.74, 6) is -1.75. The van der Waals surface area contributed by atoms with Crippen molar-refractivity contribution in [2.24, 2.45) is 0 Å². The van der Waals surface area contributed by atoms with Crippen LogP contribution < -0.4 is 16.0 Å². The number of aliphatic carboxylic acids is 1. The summed E-state index contributed by atoms with van der Waals surface area (Å²) in [4.78, 5) is 43.7. The molecule has 0 aliphatic rings. The van der Waals surface area contributed by atoms with Gasteiger partial charge in [-0.25, -0.2) is 4.98 Å². The number of hydrogen-bond acceptors (Lipinski definition) is 5. The van der Waals surface area contributed by atoms with Gasteiger partial charge in [-0.3, -0.25) is 14.2 Å². The van der Waals surface area contributed by atoms with Gasteiger partial charge >= 0.3 is 0 Å². The molecule has 1 amide bonds. The largest absolute Gasteiger partial charge is 0.548 e. The predicted octanol–water partition coefficient (Wildman–Crippen LogP) is 1.14. The number of benzene rings is 2. The molecule has 2 aromatic carbocycles. The van der Waals surface area contributed by atoms with Gasteiger partial charge < -0.3 is 20.2 Å². The summed E-state index contributed by atoms with van der Waals surface area (Å²) < 4.78 is 1.46. The molecule has 31 heavy (non-hydrogen) atoms. The first-order chi connectivity index (χ1) is 15.0. The SMILES string of the molecule is O=C(CCCn1cnc2ccccc2c1=O)N[C@@H](Cc1c[nH]c2ccccc12)C(=O)[O-]. The van der Waals surface area contributed by atoms with Gasteiger partial charge in [-0.05, 0) is 30.2 Å². The molecule has 4 aromatic rings. The van der Waals surface area contributed by atoms with Crippen molar-refractivity contribution in [2.75, 3.05) is 0 Å². The third-order valence-corrected chi connectivity index (χ3v) is 5.25. The van der Waals surface area contributed by atoms with Gasteiger partial charge in [0.05, 0.1) is 29.2 Å². The van der Waals surface area contributed by atoms with E-state index in [4.69, 9.17) is 0 Å². The number of carbonyl (C=O) groups excluding carboxylic acids is 2. The first kappa shape index (κ1) is 20.3. The lowest BCUT2D eigenvalue weighted by atomic mass is 10.0. The van der Waals surface area contributed by atoms with Crippen molar-refractivity contribution in [3.8, 4) is 0 Å². The molecule has 0 bridgehead atoms. The minimum atomic E-state index is -1.34. The number of para-hydroxylation sites is 2. The van der Waals surface area contributed by atoms with Crippen molar-refractivity contribution in [2.45, 2.75) is 31.8 Å². The number of H-pyrrole nitrogens is 1. The number of nitrogens with zero attached hydrogens (tertiary/aromatic N) is 2. The Morgan fingerprint density at radius 1 is 1.10 bits per heavy atom. The fourth-order valence-corrected chi connectivity index (χ4v) is 3.66. The molecule has 0 fully saturated rings. The highest BCUT2D eigenvalue weighted by Gasteiger charge is 2.16. The smallest absolute Gasteiger partial charge is 0.261 e. The Morgan fingerprint density at radius 2 is 1.84 bits per heavy atom. The molecule has 158 valence electrons. The van der Waals surface area contributed by atoms with E-state index in [-0.39, 0.29) is 18.4 Å². The second-order valence-corrected chi connectivity index (χ2v) is 7.37. The molecule has 4 rings (SSSR count). The summed E-state index contributed by atoms with van der Waals surface area (Å²) in [6.07, 6.45) is 3.77. The molecule has 0 saturated heterocycles. The molecular formula is C23H21N4O4-. The standard InChI is InChI=1S/C23H22N4O4/c28-21(10-5-11-27-14-25-19-9-4-2-7-17(19)22(27)29)26-20(23(30)31)12-15-13-24-18-8-3-1-6-16(15)18/h1-4,6-9,13-14,20,24H,5,10-12H2,(H,26,28)(H,30,31)/p-1/t20-/m0/s1. The lowest BCUT2D eigenvalue weighted by Crippen LogP contribution is -2.49. The van der Waals surface area contributed by atoms with Crippen molar-refractivity contribution in [3.05, 3.63) is 77.0 Å². The molecule has 0 spiro atoms. The van der Waals surface area contributed by atoms with Gasteiger partial charge in [0.2, 0.25) is 5.91 Å². The Morgan fingerprint density at radius 3 is 2.65 bits per heavy atom. The van der Waals surface area contributed by atoms with Crippen LogP contribution in [0.1, 0.15) is 18.4 Å². The van der Waals surface area contributed by atoms with Gasteiger partial charge in [0.15, 0.2) is 0 Å². The quantitative estimate of drug-likeness (QED) is 0.445. The number of fused-ring (bicyclic) bond motifs is 2. The number of aromatic amines is 1. The van der Waals surface area contributed by atoms with Crippen molar-refractivity contribution in [1.29, 1.82) is 0 Å². The number of carboxylic acids is 1. The zero-order valence-corrected chi connectivity index (χ0v) is 16.7. The van der Waals surface area contributed by atoms with Crippen molar-refractivity contribution in [3.63, 3.8) is 0 Å². The van der Waals surface area contributed by atoms with E-state index in [2.05, 4.69) is 15.3 Å². The van der Waals surface area contributed by atoms with Gasteiger partial charge in [-0.15, -0.1) is 0 Å². The van der Waals surface area contributed by atoms with Crippen LogP contribution >= 0.6 is 0 Å². The molecule has 8 nitrogen and oxygen atoms in total. The molecule has 1 atom stereocenters. The van der Waals surface area contributed by atoms with Crippen LogP contribution in [0, 0.1) is 0 Å². The Hall–Kier alpha value is -3.94. The number of aryl methyl sites for hydroxylation is 1. The Balaban J connectivity index is 1.36. The van der Waals surface area contributed by atoms with Crippen molar-refractivity contribution >= 4 is 33.7 Å². The van der Waals surface area contributed by atoms with Gasteiger partial charge in [0, 0.05) is 36.5 Å². The van der Waals surface area contributed by atoms with E-state index < -0.39 is 17.9 Å². The van der Waals surface area contributed by atoms with E-state index in [0.717, 1.165) is 16.5 Å². The molecule has 8 heteroatoms.